The van der Waals surface area contributed by atoms with E-state index >= 15 is 0 Å². The summed E-state index contributed by atoms with van der Waals surface area (Å²) < 4.78 is 5.13. The van der Waals surface area contributed by atoms with Crippen LogP contribution in [0.25, 0.3) is 0 Å². The number of nitrogens with two attached hydrogens (primary N) is 1. The molecule has 0 fully saturated rings. The van der Waals surface area contributed by atoms with E-state index in [0.29, 0.717) is 0 Å². The Balaban J connectivity index is 4.41. The van der Waals surface area contributed by atoms with Crippen LogP contribution in [0.3, 0.4) is 0 Å². The molecular formula is C12H28N2O. The van der Waals surface area contributed by atoms with Crippen molar-refractivity contribution in [1.29, 1.82) is 0 Å². The molecule has 0 aliphatic carbocycles. The molecule has 0 saturated carbocycles. The zero-order valence-electron chi connectivity index (χ0n) is 10.9. The first-order chi connectivity index (χ1) is 7.16. The van der Waals surface area contributed by atoms with E-state index in [1.807, 2.05) is 0 Å². The van der Waals surface area contributed by atoms with E-state index in [-0.39, 0.29) is 5.54 Å². The lowest BCUT2D eigenvalue weighted by Crippen LogP contribution is -2.52. The Labute approximate surface area is 95.0 Å². The predicted octanol–water partition coefficient (Wildman–Crippen LogP) is 1.86. The van der Waals surface area contributed by atoms with Crippen LogP contribution in [-0.4, -0.2) is 44.3 Å². The second-order valence-corrected chi connectivity index (χ2v) is 4.34. The molecule has 0 aliphatic rings. The number of ether oxygens (including phenoxy) is 1. The SMILES string of the molecule is CCCC(CN)(CCC)N(C)CCOC. The third kappa shape index (κ3) is 4.49. The Morgan fingerprint density at radius 1 is 1.20 bits per heavy atom. The molecule has 0 aromatic carbocycles. The highest BCUT2D eigenvalue weighted by Crippen LogP contribution is 2.24. The minimum absolute atomic E-state index is 0.183. The first-order valence-corrected chi connectivity index (χ1v) is 6.07. The molecule has 3 heteroatoms. The van der Waals surface area contributed by atoms with Gasteiger partial charge in [0.05, 0.1) is 6.61 Å². The van der Waals surface area contributed by atoms with Gasteiger partial charge in [-0.2, -0.15) is 0 Å². The van der Waals surface area contributed by atoms with Crippen molar-refractivity contribution in [2.24, 2.45) is 5.73 Å². The van der Waals surface area contributed by atoms with E-state index < -0.39 is 0 Å². The second-order valence-electron chi connectivity index (χ2n) is 4.34. The van der Waals surface area contributed by atoms with E-state index in [4.69, 9.17) is 10.5 Å². The van der Waals surface area contributed by atoms with E-state index in [9.17, 15) is 0 Å². The molecule has 0 aromatic heterocycles. The van der Waals surface area contributed by atoms with Crippen LogP contribution in [0, 0.1) is 0 Å². The van der Waals surface area contributed by atoms with Crippen molar-refractivity contribution >= 4 is 0 Å². The fourth-order valence-electron chi connectivity index (χ4n) is 2.26. The van der Waals surface area contributed by atoms with Crippen LogP contribution in [0.4, 0.5) is 0 Å². The molecule has 0 spiro atoms. The van der Waals surface area contributed by atoms with E-state index in [1.165, 1.54) is 25.7 Å². The molecule has 0 amide bonds. The van der Waals surface area contributed by atoms with Crippen LogP contribution < -0.4 is 5.73 Å². The van der Waals surface area contributed by atoms with E-state index in [2.05, 4.69) is 25.8 Å². The van der Waals surface area contributed by atoms with Crippen LogP contribution in [0.15, 0.2) is 0 Å². The number of hydrogen-bond donors (Lipinski definition) is 1. The standard InChI is InChI=1S/C12H28N2O/c1-5-7-12(11-13,8-6-2)14(3)9-10-15-4/h5-11,13H2,1-4H3. The summed E-state index contributed by atoms with van der Waals surface area (Å²) in [7, 11) is 3.91. The van der Waals surface area contributed by atoms with Gasteiger partial charge in [0.2, 0.25) is 0 Å². The molecule has 2 N–H and O–H groups in total. The number of nitrogens with zero attached hydrogens (tertiary/aromatic N) is 1. The van der Waals surface area contributed by atoms with Gasteiger partial charge in [0, 0.05) is 25.7 Å². The Kier molecular flexibility index (Phi) is 8.02. The van der Waals surface area contributed by atoms with Crippen molar-refractivity contribution < 1.29 is 4.74 Å². The average Bonchev–Trinajstić information content (AvgIpc) is 2.25. The van der Waals surface area contributed by atoms with Gasteiger partial charge in [-0.1, -0.05) is 26.7 Å². The van der Waals surface area contributed by atoms with Gasteiger partial charge in [0.15, 0.2) is 0 Å². The molecular weight excluding hydrogens is 188 g/mol. The minimum atomic E-state index is 0.183. The minimum Gasteiger partial charge on any atom is -0.383 e. The largest absolute Gasteiger partial charge is 0.383 e. The van der Waals surface area contributed by atoms with Gasteiger partial charge in [-0.15, -0.1) is 0 Å². The highest BCUT2D eigenvalue weighted by Gasteiger charge is 2.30. The van der Waals surface area contributed by atoms with Gasteiger partial charge in [-0.05, 0) is 19.9 Å². The quantitative estimate of drug-likeness (QED) is 0.639. The van der Waals surface area contributed by atoms with Crippen molar-refractivity contribution in [3.05, 3.63) is 0 Å². The zero-order chi connectivity index (χ0) is 11.7. The fourth-order valence-corrected chi connectivity index (χ4v) is 2.26. The van der Waals surface area contributed by atoms with E-state index in [1.54, 1.807) is 7.11 Å². The molecule has 92 valence electrons. The summed E-state index contributed by atoms with van der Waals surface area (Å²) in [4.78, 5) is 2.38. The Bertz CT molecular complexity index is 145. The molecule has 0 aliphatic heterocycles. The molecule has 0 unspecified atom stereocenters. The van der Waals surface area contributed by atoms with Crippen LogP contribution in [0.1, 0.15) is 39.5 Å². The van der Waals surface area contributed by atoms with Gasteiger partial charge in [-0.25, -0.2) is 0 Å². The zero-order valence-corrected chi connectivity index (χ0v) is 10.9. The summed E-state index contributed by atoms with van der Waals surface area (Å²) in [5.74, 6) is 0. The topological polar surface area (TPSA) is 38.5 Å². The Hall–Kier alpha value is -0.120. The highest BCUT2D eigenvalue weighted by molar-refractivity contribution is 4.89. The number of rotatable bonds is 9. The molecule has 0 atom stereocenters. The molecule has 0 saturated heterocycles. The smallest absolute Gasteiger partial charge is 0.0589 e. The summed E-state index contributed by atoms with van der Waals surface area (Å²) in [6.45, 7) is 6.95. The first-order valence-electron chi connectivity index (χ1n) is 6.07. The van der Waals surface area contributed by atoms with Crippen molar-refractivity contribution in [2.45, 2.75) is 45.1 Å². The van der Waals surface area contributed by atoms with E-state index in [0.717, 1.165) is 19.7 Å². The highest BCUT2D eigenvalue weighted by atomic mass is 16.5. The molecule has 0 heterocycles. The number of hydrogen-bond acceptors (Lipinski definition) is 3. The van der Waals surface area contributed by atoms with Gasteiger partial charge in [0.1, 0.15) is 0 Å². The van der Waals surface area contributed by atoms with Crippen LogP contribution in [0.5, 0.6) is 0 Å². The number of likely N-dealkylation sites (N-methyl/N-ethyl adjacent to an activating group) is 1. The predicted molar refractivity (Wildman–Crippen MR) is 66.1 cm³/mol. The van der Waals surface area contributed by atoms with Gasteiger partial charge < -0.3 is 10.5 Å². The number of methoxy groups -OCH3 is 1. The van der Waals surface area contributed by atoms with Gasteiger partial charge >= 0.3 is 0 Å². The molecule has 0 aromatic rings. The van der Waals surface area contributed by atoms with Gasteiger partial charge in [0.25, 0.3) is 0 Å². The van der Waals surface area contributed by atoms with Crippen molar-refractivity contribution in [1.82, 2.24) is 4.90 Å². The summed E-state index contributed by atoms with van der Waals surface area (Å²) in [6.07, 6.45) is 4.73. The average molecular weight is 216 g/mol. The molecule has 0 bridgehead atoms. The lowest BCUT2D eigenvalue weighted by atomic mass is 9.87. The van der Waals surface area contributed by atoms with Crippen molar-refractivity contribution in [3.63, 3.8) is 0 Å². The summed E-state index contributed by atoms with van der Waals surface area (Å²) in [5.41, 5.74) is 6.15. The van der Waals surface area contributed by atoms with Crippen molar-refractivity contribution in [3.8, 4) is 0 Å². The Morgan fingerprint density at radius 3 is 2.07 bits per heavy atom. The van der Waals surface area contributed by atoms with Crippen LogP contribution in [0.2, 0.25) is 0 Å². The van der Waals surface area contributed by atoms with Crippen LogP contribution >= 0.6 is 0 Å². The third-order valence-corrected chi connectivity index (χ3v) is 3.25. The monoisotopic (exact) mass is 216 g/mol. The maximum Gasteiger partial charge on any atom is 0.0589 e. The maximum atomic E-state index is 5.97. The van der Waals surface area contributed by atoms with Gasteiger partial charge in [-0.3, -0.25) is 4.90 Å². The molecule has 0 radical (unpaired) electrons. The second kappa shape index (κ2) is 8.08. The van der Waals surface area contributed by atoms with Crippen LogP contribution in [-0.2, 0) is 4.74 Å². The molecule has 3 nitrogen and oxygen atoms in total. The summed E-state index contributed by atoms with van der Waals surface area (Å²) in [5, 5.41) is 0. The van der Waals surface area contributed by atoms with Crippen molar-refractivity contribution in [2.75, 3.05) is 33.9 Å². The summed E-state index contributed by atoms with van der Waals surface area (Å²) >= 11 is 0. The Morgan fingerprint density at radius 2 is 1.73 bits per heavy atom. The fraction of sp³-hybridized carbons (Fsp3) is 1.00. The molecule has 0 rings (SSSR count). The normalized spacial score (nSPS) is 12.4. The summed E-state index contributed by atoms with van der Waals surface area (Å²) in [6, 6.07) is 0. The molecule has 15 heavy (non-hydrogen) atoms. The lowest BCUT2D eigenvalue weighted by Gasteiger charge is -2.41. The lowest BCUT2D eigenvalue weighted by molar-refractivity contribution is 0.0689. The first kappa shape index (κ1) is 14.9. The third-order valence-electron chi connectivity index (χ3n) is 3.25. The maximum absolute atomic E-state index is 5.97.